The fraction of sp³-hybridized carbons (Fsp3) is 0.400. The Kier molecular flexibility index (Phi) is 4.03. The summed E-state index contributed by atoms with van der Waals surface area (Å²) in [5.41, 5.74) is 1.11. The van der Waals surface area contributed by atoms with E-state index in [1.165, 1.54) is 6.07 Å². The summed E-state index contributed by atoms with van der Waals surface area (Å²) < 4.78 is 31.1. The second-order valence-corrected chi connectivity index (χ2v) is 5.02. The van der Waals surface area contributed by atoms with Crippen LogP contribution < -0.4 is 0 Å². The van der Waals surface area contributed by atoms with E-state index in [9.17, 15) is 13.5 Å². The van der Waals surface area contributed by atoms with Crippen LogP contribution in [-0.4, -0.2) is 35.9 Å². The van der Waals surface area contributed by atoms with E-state index in [0.717, 1.165) is 5.56 Å². The van der Waals surface area contributed by atoms with E-state index in [0.29, 0.717) is 5.56 Å². The second kappa shape index (κ2) is 4.92. The van der Waals surface area contributed by atoms with Gasteiger partial charge in [-0.2, -0.15) is 8.42 Å². The Morgan fingerprint density at radius 3 is 2.50 bits per heavy atom. The third-order valence-corrected chi connectivity index (χ3v) is 3.11. The van der Waals surface area contributed by atoms with Crippen molar-refractivity contribution in [1.29, 1.82) is 0 Å². The van der Waals surface area contributed by atoms with Crippen molar-refractivity contribution in [2.24, 2.45) is 0 Å². The van der Waals surface area contributed by atoms with Gasteiger partial charge in [-0.1, -0.05) is 17.7 Å². The van der Waals surface area contributed by atoms with Gasteiger partial charge >= 0.3 is 0 Å². The van der Waals surface area contributed by atoms with Gasteiger partial charge in [-0.05, 0) is 18.6 Å². The van der Waals surface area contributed by atoms with Gasteiger partial charge < -0.3 is 10.2 Å². The molecule has 1 aromatic carbocycles. The van der Waals surface area contributed by atoms with Crippen LogP contribution in [0.4, 0.5) is 0 Å². The lowest BCUT2D eigenvalue weighted by Crippen LogP contribution is -2.17. The minimum Gasteiger partial charge on any atom is -0.394 e. The Hall–Kier alpha value is -0.950. The summed E-state index contributed by atoms with van der Waals surface area (Å²) in [5, 5.41) is 18.0. The van der Waals surface area contributed by atoms with Crippen LogP contribution in [0.1, 0.15) is 11.1 Å². The number of hydrogen-bond donors (Lipinski definition) is 3. The SMILES string of the molecule is Cc1ccc(S(=O)(=O)O)c(CC(O)CO)c1. The summed E-state index contributed by atoms with van der Waals surface area (Å²) in [7, 11) is -4.30. The van der Waals surface area contributed by atoms with Gasteiger partial charge in [-0.25, -0.2) is 0 Å². The first-order valence-corrected chi connectivity index (χ1v) is 6.14. The van der Waals surface area contributed by atoms with Crippen LogP contribution in [0, 0.1) is 6.92 Å². The Morgan fingerprint density at radius 2 is 2.00 bits per heavy atom. The lowest BCUT2D eigenvalue weighted by Gasteiger charge is -2.11. The van der Waals surface area contributed by atoms with Crippen LogP contribution in [0.5, 0.6) is 0 Å². The lowest BCUT2D eigenvalue weighted by molar-refractivity contribution is 0.0950. The summed E-state index contributed by atoms with van der Waals surface area (Å²) in [6, 6.07) is 4.39. The maximum absolute atomic E-state index is 11.0. The zero-order valence-corrected chi connectivity index (χ0v) is 9.61. The fourth-order valence-corrected chi connectivity index (χ4v) is 2.15. The predicted molar refractivity (Wildman–Crippen MR) is 57.8 cm³/mol. The highest BCUT2D eigenvalue weighted by molar-refractivity contribution is 7.85. The quantitative estimate of drug-likeness (QED) is 0.657. The average Bonchev–Trinajstić information content (AvgIpc) is 2.15. The number of aryl methyl sites for hydroxylation is 1. The average molecular weight is 246 g/mol. The number of hydrogen-bond acceptors (Lipinski definition) is 4. The molecule has 0 aliphatic heterocycles. The second-order valence-electron chi connectivity index (χ2n) is 3.63. The molecule has 1 aromatic rings. The van der Waals surface area contributed by atoms with Crippen molar-refractivity contribution in [2.75, 3.05) is 6.61 Å². The van der Waals surface area contributed by atoms with Crippen LogP contribution >= 0.6 is 0 Å². The van der Waals surface area contributed by atoms with Gasteiger partial charge in [0.25, 0.3) is 10.1 Å². The van der Waals surface area contributed by atoms with E-state index in [2.05, 4.69) is 0 Å². The van der Waals surface area contributed by atoms with Crippen molar-refractivity contribution in [3.8, 4) is 0 Å². The molecule has 0 saturated heterocycles. The lowest BCUT2D eigenvalue weighted by atomic mass is 10.1. The van der Waals surface area contributed by atoms with Crippen molar-refractivity contribution in [3.05, 3.63) is 29.3 Å². The molecule has 0 saturated carbocycles. The topological polar surface area (TPSA) is 94.8 Å². The van der Waals surface area contributed by atoms with Crippen LogP contribution in [0.3, 0.4) is 0 Å². The number of aliphatic hydroxyl groups excluding tert-OH is 2. The highest BCUT2D eigenvalue weighted by Gasteiger charge is 2.17. The maximum atomic E-state index is 11.0. The minimum absolute atomic E-state index is 0.0205. The molecular formula is C10H14O5S. The van der Waals surface area contributed by atoms with Gasteiger partial charge in [0.1, 0.15) is 0 Å². The molecule has 0 spiro atoms. The Labute approximate surface area is 94.1 Å². The van der Waals surface area contributed by atoms with Crippen molar-refractivity contribution in [3.63, 3.8) is 0 Å². The zero-order chi connectivity index (χ0) is 12.3. The van der Waals surface area contributed by atoms with Crippen molar-refractivity contribution in [1.82, 2.24) is 0 Å². The van der Waals surface area contributed by atoms with E-state index >= 15 is 0 Å². The van der Waals surface area contributed by atoms with Gasteiger partial charge in [0, 0.05) is 6.42 Å². The van der Waals surface area contributed by atoms with E-state index in [1.54, 1.807) is 19.1 Å². The minimum atomic E-state index is -4.30. The van der Waals surface area contributed by atoms with E-state index < -0.39 is 22.8 Å². The molecule has 0 fully saturated rings. The summed E-state index contributed by atoms with van der Waals surface area (Å²) in [4.78, 5) is -0.231. The third-order valence-electron chi connectivity index (χ3n) is 2.16. The first-order chi connectivity index (χ1) is 7.34. The van der Waals surface area contributed by atoms with Gasteiger partial charge in [0.15, 0.2) is 0 Å². The highest BCUT2D eigenvalue weighted by atomic mass is 32.2. The molecule has 0 aliphatic rings. The highest BCUT2D eigenvalue weighted by Crippen LogP contribution is 2.18. The molecule has 90 valence electrons. The predicted octanol–water partition coefficient (Wildman–Crippen LogP) is 0.137. The largest absolute Gasteiger partial charge is 0.394 e. The molecule has 1 rings (SSSR count). The van der Waals surface area contributed by atoms with Crippen molar-refractivity contribution < 1.29 is 23.2 Å². The molecule has 0 heterocycles. The van der Waals surface area contributed by atoms with Gasteiger partial charge in [-0.3, -0.25) is 4.55 Å². The van der Waals surface area contributed by atoms with E-state index in [-0.39, 0.29) is 11.3 Å². The normalized spacial score (nSPS) is 13.8. The van der Waals surface area contributed by atoms with Crippen LogP contribution in [0.2, 0.25) is 0 Å². The fourth-order valence-electron chi connectivity index (χ4n) is 1.44. The molecule has 3 N–H and O–H groups in total. The Bertz CT molecular complexity index is 466. The Balaban J connectivity index is 3.19. The summed E-state index contributed by atoms with van der Waals surface area (Å²) >= 11 is 0. The van der Waals surface area contributed by atoms with Crippen LogP contribution in [0.15, 0.2) is 23.1 Å². The Morgan fingerprint density at radius 1 is 1.38 bits per heavy atom. The van der Waals surface area contributed by atoms with Gasteiger partial charge in [-0.15, -0.1) is 0 Å². The van der Waals surface area contributed by atoms with E-state index in [4.69, 9.17) is 9.66 Å². The molecule has 1 unspecified atom stereocenters. The van der Waals surface area contributed by atoms with E-state index in [1.807, 2.05) is 0 Å². The number of rotatable bonds is 4. The third kappa shape index (κ3) is 3.28. The number of benzene rings is 1. The molecule has 6 heteroatoms. The van der Waals surface area contributed by atoms with Crippen LogP contribution in [0.25, 0.3) is 0 Å². The molecule has 0 bridgehead atoms. The standard InChI is InChI=1S/C10H14O5S/c1-7-2-3-10(16(13,14)15)8(4-7)5-9(12)6-11/h2-4,9,11-12H,5-6H2,1H3,(H,13,14,15). The summed E-state index contributed by atoms with van der Waals surface area (Å²) in [6.07, 6.45) is -1.06. The van der Waals surface area contributed by atoms with Gasteiger partial charge in [0.2, 0.25) is 0 Å². The molecule has 0 radical (unpaired) electrons. The first-order valence-electron chi connectivity index (χ1n) is 4.70. The molecule has 0 aliphatic carbocycles. The van der Waals surface area contributed by atoms with Crippen molar-refractivity contribution >= 4 is 10.1 Å². The molecule has 1 atom stereocenters. The number of aliphatic hydroxyl groups is 2. The molecular weight excluding hydrogens is 232 g/mol. The first kappa shape index (κ1) is 13.1. The van der Waals surface area contributed by atoms with Gasteiger partial charge in [0.05, 0.1) is 17.6 Å². The molecule has 16 heavy (non-hydrogen) atoms. The van der Waals surface area contributed by atoms with Crippen molar-refractivity contribution in [2.45, 2.75) is 24.3 Å². The van der Waals surface area contributed by atoms with Crippen LogP contribution in [-0.2, 0) is 16.5 Å². The summed E-state index contributed by atoms with van der Waals surface area (Å²) in [6.45, 7) is 1.31. The molecule has 0 aromatic heterocycles. The summed E-state index contributed by atoms with van der Waals surface area (Å²) in [5.74, 6) is 0. The smallest absolute Gasteiger partial charge is 0.294 e. The zero-order valence-electron chi connectivity index (χ0n) is 8.79. The molecule has 0 amide bonds. The monoisotopic (exact) mass is 246 g/mol. The molecule has 5 nitrogen and oxygen atoms in total. The maximum Gasteiger partial charge on any atom is 0.294 e.